The first kappa shape index (κ1) is 18.8. The minimum Gasteiger partial charge on any atom is -0.321 e. The number of sulfonamides is 1. The molecule has 0 aliphatic rings. The molecular formula is C18H15BrN2O3S2. The third kappa shape index (κ3) is 5.01. The van der Waals surface area contributed by atoms with Crippen LogP contribution in [-0.2, 0) is 15.8 Å². The highest BCUT2D eigenvalue weighted by Crippen LogP contribution is 2.29. The summed E-state index contributed by atoms with van der Waals surface area (Å²) in [5.74, 6) is -0.444. The Bertz CT molecular complexity index is 1030. The summed E-state index contributed by atoms with van der Waals surface area (Å²) in [6.07, 6.45) is 0. The second-order valence-electron chi connectivity index (χ2n) is 5.63. The standard InChI is InChI=1S/C18H15BrN2O3S2/c19-14-5-3-13(4-6-14)16-9-10-17(25-16)18(22)21-15-7-1-12(2-8-15)11-26(20,23)24/h1-10H,11H2,(H,21,22)(H2,20,23,24). The summed E-state index contributed by atoms with van der Waals surface area (Å²) in [5, 5.41) is 7.83. The summed E-state index contributed by atoms with van der Waals surface area (Å²) >= 11 is 4.81. The predicted octanol–water partition coefficient (Wildman–Crippen LogP) is 4.22. The van der Waals surface area contributed by atoms with Gasteiger partial charge in [0.05, 0.1) is 10.6 Å². The molecule has 8 heteroatoms. The van der Waals surface area contributed by atoms with Crippen molar-refractivity contribution in [2.24, 2.45) is 5.14 Å². The molecule has 5 nitrogen and oxygen atoms in total. The maximum atomic E-state index is 12.4. The van der Waals surface area contributed by atoms with Crippen molar-refractivity contribution in [1.29, 1.82) is 0 Å². The van der Waals surface area contributed by atoms with Crippen molar-refractivity contribution in [3.63, 3.8) is 0 Å². The first-order chi connectivity index (χ1) is 12.3. The maximum absolute atomic E-state index is 12.4. The van der Waals surface area contributed by atoms with Gasteiger partial charge in [-0.2, -0.15) is 0 Å². The summed E-state index contributed by atoms with van der Waals surface area (Å²) in [6.45, 7) is 0. The average molecular weight is 451 g/mol. The van der Waals surface area contributed by atoms with Crippen molar-refractivity contribution in [3.8, 4) is 10.4 Å². The molecule has 0 aliphatic carbocycles. The van der Waals surface area contributed by atoms with Crippen LogP contribution in [0.3, 0.4) is 0 Å². The number of hydrogen-bond acceptors (Lipinski definition) is 4. The van der Waals surface area contributed by atoms with Crippen molar-refractivity contribution in [3.05, 3.63) is 75.6 Å². The highest BCUT2D eigenvalue weighted by Gasteiger charge is 2.11. The largest absolute Gasteiger partial charge is 0.321 e. The second kappa shape index (κ2) is 7.71. The van der Waals surface area contributed by atoms with Gasteiger partial charge in [0.1, 0.15) is 0 Å². The number of halogens is 1. The molecule has 3 rings (SSSR count). The van der Waals surface area contributed by atoms with Crippen LogP contribution in [0.25, 0.3) is 10.4 Å². The highest BCUT2D eigenvalue weighted by atomic mass is 79.9. The van der Waals surface area contributed by atoms with Crippen molar-refractivity contribution in [1.82, 2.24) is 0 Å². The van der Waals surface area contributed by atoms with Crippen LogP contribution in [0.5, 0.6) is 0 Å². The van der Waals surface area contributed by atoms with Gasteiger partial charge in [0, 0.05) is 15.0 Å². The van der Waals surface area contributed by atoms with Gasteiger partial charge in [-0.15, -0.1) is 11.3 Å². The fourth-order valence-electron chi connectivity index (χ4n) is 2.34. The van der Waals surface area contributed by atoms with Crippen LogP contribution in [0.1, 0.15) is 15.2 Å². The monoisotopic (exact) mass is 450 g/mol. The Labute approximate surface area is 164 Å². The zero-order valence-corrected chi connectivity index (χ0v) is 16.7. The Morgan fingerprint density at radius 3 is 2.27 bits per heavy atom. The van der Waals surface area contributed by atoms with Gasteiger partial charge >= 0.3 is 0 Å². The van der Waals surface area contributed by atoms with Gasteiger partial charge in [0.25, 0.3) is 5.91 Å². The van der Waals surface area contributed by atoms with Crippen LogP contribution in [-0.4, -0.2) is 14.3 Å². The fraction of sp³-hybridized carbons (Fsp3) is 0.0556. The minimum absolute atomic E-state index is 0.211. The summed E-state index contributed by atoms with van der Waals surface area (Å²) in [7, 11) is -3.57. The van der Waals surface area contributed by atoms with Gasteiger partial charge in [-0.3, -0.25) is 4.79 Å². The van der Waals surface area contributed by atoms with E-state index in [0.717, 1.165) is 14.9 Å². The molecule has 134 valence electrons. The van der Waals surface area contributed by atoms with Crippen LogP contribution in [0.15, 0.2) is 65.1 Å². The number of rotatable bonds is 5. The van der Waals surface area contributed by atoms with Crippen molar-refractivity contribution in [2.75, 3.05) is 5.32 Å². The number of carbonyl (C=O) groups is 1. The molecular weight excluding hydrogens is 436 g/mol. The number of thiophene rings is 1. The molecule has 26 heavy (non-hydrogen) atoms. The molecule has 2 aromatic carbocycles. The molecule has 0 radical (unpaired) electrons. The zero-order chi connectivity index (χ0) is 18.7. The maximum Gasteiger partial charge on any atom is 0.265 e. The Hall–Kier alpha value is -2.00. The summed E-state index contributed by atoms with van der Waals surface area (Å²) in [6, 6.07) is 18.1. The summed E-state index contributed by atoms with van der Waals surface area (Å²) in [4.78, 5) is 14.0. The number of hydrogen-bond donors (Lipinski definition) is 2. The molecule has 3 N–H and O–H groups in total. The van der Waals surface area contributed by atoms with Crippen molar-refractivity contribution < 1.29 is 13.2 Å². The molecule has 0 saturated heterocycles. The summed E-state index contributed by atoms with van der Waals surface area (Å²) in [5.41, 5.74) is 2.20. The van der Waals surface area contributed by atoms with Crippen LogP contribution < -0.4 is 10.5 Å². The number of amides is 1. The molecule has 0 bridgehead atoms. The van der Waals surface area contributed by atoms with Gasteiger partial charge in [-0.25, -0.2) is 13.6 Å². The van der Waals surface area contributed by atoms with Crippen LogP contribution in [0.4, 0.5) is 5.69 Å². The first-order valence-corrected chi connectivity index (χ1v) is 10.9. The van der Waals surface area contributed by atoms with Gasteiger partial charge < -0.3 is 5.32 Å². The number of anilines is 1. The molecule has 3 aromatic rings. The molecule has 0 atom stereocenters. The Morgan fingerprint density at radius 1 is 1.00 bits per heavy atom. The van der Waals surface area contributed by atoms with E-state index in [1.165, 1.54) is 11.3 Å². The van der Waals surface area contributed by atoms with E-state index in [-0.39, 0.29) is 11.7 Å². The predicted molar refractivity (Wildman–Crippen MR) is 109 cm³/mol. The number of nitrogens with one attached hydrogen (secondary N) is 1. The van der Waals surface area contributed by atoms with E-state index in [1.54, 1.807) is 30.3 Å². The third-order valence-electron chi connectivity index (χ3n) is 3.54. The zero-order valence-electron chi connectivity index (χ0n) is 13.5. The second-order valence-corrected chi connectivity index (χ2v) is 9.24. The van der Waals surface area contributed by atoms with E-state index < -0.39 is 10.0 Å². The molecule has 0 aliphatic heterocycles. The first-order valence-electron chi connectivity index (χ1n) is 7.57. The lowest BCUT2D eigenvalue weighted by Gasteiger charge is -2.05. The molecule has 0 fully saturated rings. The third-order valence-corrected chi connectivity index (χ3v) is 5.94. The molecule has 1 amide bonds. The van der Waals surface area contributed by atoms with Crippen molar-refractivity contribution >= 4 is 48.9 Å². The van der Waals surface area contributed by atoms with Gasteiger partial charge in [-0.1, -0.05) is 40.2 Å². The van der Waals surface area contributed by atoms with Gasteiger partial charge in [-0.05, 0) is 47.5 Å². The van der Waals surface area contributed by atoms with E-state index in [0.29, 0.717) is 16.1 Å². The molecule has 1 aromatic heterocycles. The number of benzene rings is 2. The van der Waals surface area contributed by atoms with E-state index in [2.05, 4.69) is 21.2 Å². The quantitative estimate of drug-likeness (QED) is 0.609. The van der Waals surface area contributed by atoms with E-state index in [9.17, 15) is 13.2 Å². The lowest BCUT2D eigenvalue weighted by Crippen LogP contribution is -2.14. The van der Waals surface area contributed by atoms with Gasteiger partial charge in [0.15, 0.2) is 0 Å². The Morgan fingerprint density at radius 2 is 1.65 bits per heavy atom. The smallest absolute Gasteiger partial charge is 0.265 e. The molecule has 0 saturated carbocycles. The highest BCUT2D eigenvalue weighted by molar-refractivity contribution is 9.10. The van der Waals surface area contributed by atoms with E-state index in [1.807, 2.05) is 30.3 Å². The van der Waals surface area contributed by atoms with Crippen molar-refractivity contribution in [2.45, 2.75) is 5.75 Å². The van der Waals surface area contributed by atoms with Crippen LogP contribution in [0.2, 0.25) is 0 Å². The topological polar surface area (TPSA) is 89.3 Å². The van der Waals surface area contributed by atoms with Crippen LogP contribution in [0, 0.1) is 0 Å². The molecule has 1 heterocycles. The van der Waals surface area contributed by atoms with Crippen LogP contribution >= 0.6 is 27.3 Å². The Kier molecular flexibility index (Phi) is 5.57. The normalized spacial score (nSPS) is 11.3. The molecule has 0 spiro atoms. The number of carbonyl (C=O) groups excluding carboxylic acids is 1. The lowest BCUT2D eigenvalue weighted by molar-refractivity contribution is 0.103. The number of nitrogens with two attached hydrogens (primary N) is 1. The Balaban J connectivity index is 1.69. The molecule has 0 unspecified atom stereocenters. The summed E-state index contributed by atoms with van der Waals surface area (Å²) < 4.78 is 23.2. The number of primary sulfonamides is 1. The lowest BCUT2D eigenvalue weighted by atomic mass is 10.2. The SMILES string of the molecule is NS(=O)(=O)Cc1ccc(NC(=O)c2ccc(-c3ccc(Br)cc3)s2)cc1. The van der Waals surface area contributed by atoms with Gasteiger partial charge in [0.2, 0.25) is 10.0 Å². The fourth-order valence-corrected chi connectivity index (χ4v) is 4.17. The minimum atomic E-state index is -3.57. The van der Waals surface area contributed by atoms with E-state index in [4.69, 9.17) is 5.14 Å². The van der Waals surface area contributed by atoms with E-state index >= 15 is 0 Å². The average Bonchev–Trinajstić information content (AvgIpc) is 3.06.